The Balaban J connectivity index is 1.83. The molecule has 18 heavy (non-hydrogen) atoms. The second kappa shape index (κ2) is 6.54. The fourth-order valence-electron chi connectivity index (χ4n) is 2.09. The molecule has 0 aliphatic carbocycles. The molecule has 1 aliphatic rings. The predicted molar refractivity (Wildman–Crippen MR) is 70.0 cm³/mol. The maximum atomic E-state index is 5.58. The lowest BCUT2D eigenvalue weighted by molar-refractivity contribution is 0.107. The number of aromatic nitrogens is 2. The molecule has 1 aliphatic heterocycles. The van der Waals surface area contributed by atoms with Crippen LogP contribution in [0, 0.1) is 6.92 Å². The van der Waals surface area contributed by atoms with Gasteiger partial charge in [-0.25, -0.2) is 4.98 Å². The maximum Gasteiger partial charge on any atom is 0.218 e. The summed E-state index contributed by atoms with van der Waals surface area (Å²) in [5, 5.41) is 3.30. The van der Waals surface area contributed by atoms with Gasteiger partial charge in [-0.3, -0.25) is 0 Å². The molecule has 0 spiro atoms. The van der Waals surface area contributed by atoms with Crippen molar-refractivity contribution in [3.8, 4) is 5.88 Å². The van der Waals surface area contributed by atoms with Gasteiger partial charge in [0.05, 0.1) is 12.7 Å². The van der Waals surface area contributed by atoms with Gasteiger partial charge in [-0.2, -0.15) is 4.98 Å². The number of hydrogen-bond donors (Lipinski definition) is 1. The summed E-state index contributed by atoms with van der Waals surface area (Å²) in [6.07, 6.45) is 3.79. The molecule has 2 heterocycles. The molecule has 1 aromatic heterocycles. The highest BCUT2D eigenvalue weighted by Gasteiger charge is 2.14. The van der Waals surface area contributed by atoms with Crippen molar-refractivity contribution in [3.05, 3.63) is 11.9 Å². The molecule has 5 heteroatoms. The minimum absolute atomic E-state index is 0.409. The van der Waals surface area contributed by atoms with Crippen LogP contribution in [0.3, 0.4) is 0 Å². The Morgan fingerprint density at radius 3 is 3.11 bits per heavy atom. The zero-order chi connectivity index (χ0) is 12.8. The standard InChI is InChI=1S/C13H21N3O2/c1-3-17-13-9-12(15-10(2)16-13)14-7-6-11-5-4-8-18-11/h9,11H,3-8H2,1-2H3,(H,14,15,16). The molecule has 0 amide bonds. The second-order valence-corrected chi connectivity index (χ2v) is 4.42. The third kappa shape index (κ3) is 3.84. The first kappa shape index (κ1) is 13.1. The van der Waals surface area contributed by atoms with E-state index >= 15 is 0 Å². The molecule has 2 rings (SSSR count). The van der Waals surface area contributed by atoms with Crippen LogP contribution in [-0.2, 0) is 4.74 Å². The summed E-state index contributed by atoms with van der Waals surface area (Å²) in [6, 6.07) is 1.84. The zero-order valence-corrected chi connectivity index (χ0v) is 11.1. The predicted octanol–water partition coefficient (Wildman–Crippen LogP) is 2.16. The van der Waals surface area contributed by atoms with Crippen molar-refractivity contribution >= 4 is 5.82 Å². The zero-order valence-electron chi connectivity index (χ0n) is 11.1. The summed E-state index contributed by atoms with van der Waals surface area (Å²) < 4.78 is 11.0. The van der Waals surface area contributed by atoms with Crippen LogP contribution >= 0.6 is 0 Å². The van der Waals surface area contributed by atoms with Crippen LogP contribution < -0.4 is 10.1 Å². The molecule has 1 saturated heterocycles. The molecule has 1 aromatic rings. The molecule has 0 bridgehead atoms. The van der Waals surface area contributed by atoms with E-state index in [1.807, 2.05) is 19.9 Å². The van der Waals surface area contributed by atoms with Gasteiger partial charge in [0.2, 0.25) is 5.88 Å². The Morgan fingerprint density at radius 1 is 1.50 bits per heavy atom. The highest BCUT2D eigenvalue weighted by Crippen LogP contribution is 2.16. The van der Waals surface area contributed by atoms with Crippen LogP contribution in [0.2, 0.25) is 0 Å². The maximum absolute atomic E-state index is 5.58. The molecule has 1 unspecified atom stereocenters. The van der Waals surface area contributed by atoms with E-state index < -0.39 is 0 Å². The molecule has 5 nitrogen and oxygen atoms in total. The number of hydrogen-bond acceptors (Lipinski definition) is 5. The first-order valence-electron chi connectivity index (χ1n) is 6.62. The van der Waals surface area contributed by atoms with Gasteiger partial charge < -0.3 is 14.8 Å². The van der Waals surface area contributed by atoms with Crippen molar-refractivity contribution in [3.63, 3.8) is 0 Å². The van der Waals surface area contributed by atoms with Gasteiger partial charge in [0.15, 0.2) is 0 Å². The summed E-state index contributed by atoms with van der Waals surface area (Å²) in [6.45, 7) is 6.21. The van der Waals surface area contributed by atoms with Gasteiger partial charge in [0.1, 0.15) is 11.6 Å². The van der Waals surface area contributed by atoms with E-state index in [0.29, 0.717) is 18.6 Å². The summed E-state index contributed by atoms with van der Waals surface area (Å²) in [5.74, 6) is 2.18. The van der Waals surface area contributed by atoms with Gasteiger partial charge in [-0.15, -0.1) is 0 Å². The summed E-state index contributed by atoms with van der Waals surface area (Å²) in [7, 11) is 0. The highest BCUT2D eigenvalue weighted by atomic mass is 16.5. The molecule has 0 aromatic carbocycles. The van der Waals surface area contributed by atoms with E-state index in [9.17, 15) is 0 Å². The van der Waals surface area contributed by atoms with Crippen molar-refractivity contribution in [1.29, 1.82) is 0 Å². The Hall–Kier alpha value is -1.36. The topological polar surface area (TPSA) is 56.3 Å². The minimum Gasteiger partial charge on any atom is -0.478 e. The smallest absolute Gasteiger partial charge is 0.218 e. The van der Waals surface area contributed by atoms with E-state index in [-0.39, 0.29) is 0 Å². The van der Waals surface area contributed by atoms with E-state index in [0.717, 1.165) is 31.2 Å². The number of rotatable bonds is 6. The van der Waals surface area contributed by atoms with Crippen LogP contribution in [0.25, 0.3) is 0 Å². The van der Waals surface area contributed by atoms with Gasteiger partial charge in [-0.05, 0) is 33.1 Å². The molecular formula is C13H21N3O2. The molecular weight excluding hydrogens is 230 g/mol. The average molecular weight is 251 g/mol. The van der Waals surface area contributed by atoms with E-state index in [4.69, 9.17) is 9.47 Å². The van der Waals surface area contributed by atoms with Gasteiger partial charge in [0, 0.05) is 19.2 Å². The number of anilines is 1. The van der Waals surface area contributed by atoms with Crippen molar-refractivity contribution < 1.29 is 9.47 Å². The van der Waals surface area contributed by atoms with Crippen LogP contribution in [0.4, 0.5) is 5.82 Å². The van der Waals surface area contributed by atoms with Crippen molar-refractivity contribution in [1.82, 2.24) is 9.97 Å². The molecule has 1 N–H and O–H groups in total. The Labute approximate surface area is 108 Å². The lowest BCUT2D eigenvalue weighted by Gasteiger charge is -2.11. The summed E-state index contributed by atoms with van der Waals surface area (Å²) in [4.78, 5) is 8.55. The normalized spacial score (nSPS) is 18.9. The van der Waals surface area contributed by atoms with Crippen LogP contribution in [0.15, 0.2) is 6.07 Å². The number of nitrogens with one attached hydrogen (secondary N) is 1. The van der Waals surface area contributed by atoms with Gasteiger partial charge in [-0.1, -0.05) is 0 Å². The lowest BCUT2D eigenvalue weighted by Crippen LogP contribution is -2.13. The fraction of sp³-hybridized carbons (Fsp3) is 0.692. The van der Waals surface area contributed by atoms with Crippen LogP contribution in [0.5, 0.6) is 5.88 Å². The number of nitrogens with zero attached hydrogens (tertiary/aromatic N) is 2. The third-order valence-corrected chi connectivity index (χ3v) is 2.90. The van der Waals surface area contributed by atoms with E-state index in [2.05, 4.69) is 15.3 Å². The quantitative estimate of drug-likeness (QED) is 0.839. The number of ether oxygens (including phenoxy) is 2. The van der Waals surface area contributed by atoms with Crippen molar-refractivity contribution in [2.75, 3.05) is 25.1 Å². The highest BCUT2D eigenvalue weighted by molar-refractivity contribution is 5.38. The largest absolute Gasteiger partial charge is 0.478 e. The lowest BCUT2D eigenvalue weighted by atomic mass is 10.2. The molecule has 1 fully saturated rings. The van der Waals surface area contributed by atoms with E-state index in [1.54, 1.807) is 0 Å². The fourth-order valence-corrected chi connectivity index (χ4v) is 2.09. The summed E-state index contributed by atoms with van der Waals surface area (Å²) >= 11 is 0. The third-order valence-electron chi connectivity index (χ3n) is 2.90. The second-order valence-electron chi connectivity index (χ2n) is 4.42. The molecule has 0 saturated carbocycles. The van der Waals surface area contributed by atoms with Crippen molar-refractivity contribution in [2.24, 2.45) is 0 Å². The minimum atomic E-state index is 0.409. The molecule has 100 valence electrons. The first-order chi connectivity index (χ1) is 8.78. The Bertz CT molecular complexity index is 378. The van der Waals surface area contributed by atoms with Gasteiger partial charge in [0.25, 0.3) is 0 Å². The number of aryl methyl sites for hydroxylation is 1. The van der Waals surface area contributed by atoms with Crippen LogP contribution in [-0.4, -0.2) is 35.8 Å². The Morgan fingerprint density at radius 2 is 2.39 bits per heavy atom. The van der Waals surface area contributed by atoms with Crippen LogP contribution in [0.1, 0.15) is 32.0 Å². The Kier molecular flexibility index (Phi) is 4.75. The van der Waals surface area contributed by atoms with Crippen molar-refractivity contribution in [2.45, 2.75) is 39.2 Å². The van der Waals surface area contributed by atoms with E-state index in [1.165, 1.54) is 12.8 Å². The SMILES string of the molecule is CCOc1cc(NCCC2CCCO2)nc(C)n1. The van der Waals surface area contributed by atoms with Gasteiger partial charge >= 0.3 is 0 Å². The first-order valence-corrected chi connectivity index (χ1v) is 6.62. The summed E-state index contributed by atoms with van der Waals surface area (Å²) in [5.41, 5.74) is 0. The molecule has 0 radical (unpaired) electrons. The monoisotopic (exact) mass is 251 g/mol. The molecule has 1 atom stereocenters. The average Bonchev–Trinajstić information content (AvgIpc) is 2.82.